The summed E-state index contributed by atoms with van der Waals surface area (Å²) in [4.78, 5) is 14.7. The largest absolute Gasteiger partial charge is 0.387 e. The van der Waals surface area contributed by atoms with Gasteiger partial charge in [-0.2, -0.15) is 0 Å². The smallest absolute Gasteiger partial charge is 0.228 e. The van der Waals surface area contributed by atoms with Crippen molar-refractivity contribution in [3.63, 3.8) is 0 Å². The summed E-state index contributed by atoms with van der Waals surface area (Å²) in [6.45, 7) is 2.20. The number of β-amino-alcohol motifs (C(OH)–C–C–N with tert-alkyl or cyclic N) is 1. The fourth-order valence-electron chi connectivity index (χ4n) is 3.23. The Morgan fingerprint density at radius 3 is 2.50 bits per heavy atom. The fourth-order valence-corrected chi connectivity index (χ4v) is 3.23. The molecule has 2 atom stereocenters. The molecule has 0 saturated carbocycles. The lowest BCUT2D eigenvalue weighted by atomic mass is 9.96. The Morgan fingerprint density at radius 2 is 1.79 bits per heavy atom. The topological polar surface area (TPSA) is 52.6 Å². The van der Waals surface area contributed by atoms with Gasteiger partial charge >= 0.3 is 0 Å². The summed E-state index contributed by atoms with van der Waals surface area (Å²) < 4.78 is 0. The van der Waals surface area contributed by atoms with Gasteiger partial charge in [-0.3, -0.25) is 9.69 Å². The minimum absolute atomic E-state index is 0.0260. The maximum absolute atomic E-state index is 12.5. The Labute approximate surface area is 143 Å². The number of hydrogen-bond acceptors (Lipinski definition) is 3. The number of nitrogens with zero attached hydrogens (tertiary/aromatic N) is 1. The number of carbonyl (C=O) groups is 1. The van der Waals surface area contributed by atoms with Crippen LogP contribution in [0.15, 0.2) is 60.7 Å². The third-order valence-electron chi connectivity index (χ3n) is 4.53. The highest BCUT2D eigenvalue weighted by molar-refractivity contribution is 5.92. The molecule has 1 fully saturated rings. The van der Waals surface area contributed by atoms with Gasteiger partial charge in [0.1, 0.15) is 0 Å². The third kappa shape index (κ3) is 4.43. The normalized spacial score (nSPS) is 19.6. The van der Waals surface area contributed by atoms with Crippen molar-refractivity contribution in [3.8, 4) is 0 Å². The van der Waals surface area contributed by atoms with E-state index in [1.165, 1.54) is 0 Å². The van der Waals surface area contributed by atoms with E-state index >= 15 is 0 Å². The van der Waals surface area contributed by atoms with E-state index in [-0.39, 0.29) is 11.8 Å². The van der Waals surface area contributed by atoms with E-state index in [2.05, 4.69) is 10.2 Å². The van der Waals surface area contributed by atoms with Crippen molar-refractivity contribution in [1.82, 2.24) is 4.90 Å². The molecule has 1 amide bonds. The number of amides is 1. The molecule has 0 aromatic heterocycles. The molecule has 126 valence electrons. The maximum atomic E-state index is 12.5. The number of aliphatic hydroxyl groups is 1. The van der Waals surface area contributed by atoms with E-state index in [1.54, 1.807) is 0 Å². The lowest BCUT2D eigenvalue weighted by molar-refractivity contribution is -0.121. The van der Waals surface area contributed by atoms with E-state index in [0.29, 0.717) is 13.1 Å². The summed E-state index contributed by atoms with van der Waals surface area (Å²) in [6.07, 6.45) is 1.37. The third-order valence-corrected chi connectivity index (χ3v) is 4.53. The Balaban J connectivity index is 1.55. The van der Waals surface area contributed by atoms with Crippen LogP contribution in [0, 0.1) is 5.92 Å². The second-order valence-corrected chi connectivity index (χ2v) is 6.38. The molecule has 1 aliphatic heterocycles. The van der Waals surface area contributed by atoms with Crippen LogP contribution in [0.5, 0.6) is 0 Å². The van der Waals surface area contributed by atoms with E-state index in [1.807, 2.05) is 60.7 Å². The molecule has 3 rings (SSSR count). The molecule has 2 aromatic carbocycles. The van der Waals surface area contributed by atoms with Crippen LogP contribution in [0.2, 0.25) is 0 Å². The summed E-state index contributed by atoms with van der Waals surface area (Å²) in [5.74, 6) is 0.0435. The van der Waals surface area contributed by atoms with Crippen LogP contribution in [0.25, 0.3) is 0 Å². The predicted octanol–water partition coefficient (Wildman–Crippen LogP) is 3.07. The second kappa shape index (κ2) is 8.08. The van der Waals surface area contributed by atoms with Crippen LogP contribution in [0.3, 0.4) is 0 Å². The van der Waals surface area contributed by atoms with Crippen molar-refractivity contribution in [2.45, 2.75) is 18.9 Å². The summed E-state index contributed by atoms with van der Waals surface area (Å²) in [5.41, 5.74) is 1.76. The zero-order valence-corrected chi connectivity index (χ0v) is 13.8. The molecule has 4 nitrogen and oxygen atoms in total. The van der Waals surface area contributed by atoms with Gasteiger partial charge in [0.05, 0.1) is 12.0 Å². The number of anilines is 1. The molecule has 4 heteroatoms. The Morgan fingerprint density at radius 1 is 1.12 bits per heavy atom. The number of aliphatic hydroxyl groups excluding tert-OH is 1. The predicted molar refractivity (Wildman–Crippen MR) is 95.6 cm³/mol. The lowest BCUT2D eigenvalue weighted by Crippen LogP contribution is -2.42. The average Bonchev–Trinajstić information content (AvgIpc) is 2.63. The van der Waals surface area contributed by atoms with Gasteiger partial charge in [0.25, 0.3) is 0 Å². The molecular weight excluding hydrogens is 300 g/mol. The highest BCUT2D eigenvalue weighted by atomic mass is 16.3. The molecule has 0 unspecified atom stereocenters. The van der Waals surface area contributed by atoms with Crippen molar-refractivity contribution >= 4 is 11.6 Å². The van der Waals surface area contributed by atoms with Crippen molar-refractivity contribution < 1.29 is 9.90 Å². The van der Waals surface area contributed by atoms with Gasteiger partial charge in [-0.15, -0.1) is 0 Å². The number of hydrogen-bond donors (Lipinski definition) is 2. The first-order valence-corrected chi connectivity index (χ1v) is 8.53. The molecule has 1 aliphatic rings. The van der Waals surface area contributed by atoms with E-state index in [4.69, 9.17) is 0 Å². The fraction of sp³-hybridized carbons (Fsp3) is 0.350. The molecule has 2 aromatic rings. The first-order chi connectivity index (χ1) is 11.7. The summed E-state index contributed by atoms with van der Waals surface area (Å²) in [6, 6.07) is 19.3. The SMILES string of the molecule is O=C(Nc1ccccc1)[C@H]1CCCN(C[C@@H](O)c2ccccc2)C1. The Kier molecular flexibility index (Phi) is 5.62. The average molecular weight is 324 g/mol. The van der Waals surface area contributed by atoms with Crippen LogP contribution in [-0.4, -0.2) is 35.5 Å². The van der Waals surface area contributed by atoms with Crippen molar-refractivity contribution in [1.29, 1.82) is 0 Å². The number of nitrogens with one attached hydrogen (secondary N) is 1. The van der Waals surface area contributed by atoms with Gasteiger partial charge in [0, 0.05) is 18.8 Å². The minimum atomic E-state index is -0.512. The molecule has 0 spiro atoms. The number of likely N-dealkylation sites (tertiary alicyclic amines) is 1. The maximum Gasteiger partial charge on any atom is 0.228 e. The number of rotatable bonds is 5. The van der Waals surface area contributed by atoms with E-state index in [9.17, 15) is 9.90 Å². The van der Waals surface area contributed by atoms with Crippen LogP contribution >= 0.6 is 0 Å². The molecular formula is C20H24N2O2. The van der Waals surface area contributed by atoms with Crippen molar-refractivity contribution in [2.75, 3.05) is 25.0 Å². The van der Waals surface area contributed by atoms with E-state index in [0.717, 1.165) is 30.6 Å². The zero-order valence-electron chi connectivity index (χ0n) is 13.8. The molecule has 1 heterocycles. The molecule has 0 radical (unpaired) electrons. The quantitative estimate of drug-likeness (QED) is 0.889. The van der Waals surface area contributed by atoms with Crippen LogP contribution in [-0.2, 0) is 4.79 Å². The molecule has 0 aliphatic carbocycles. The Hall–Kier alpha value is -2.17. The van der Waals surface area contributed by atoms with E-state index < -0.39 is 6.10 Å². The van der Waals surface area contributed by atoms with Crippen LogP contribution in [0.4, 0.5) is 5.69 Å². The monoisotopic (exact) mass is 324 g/mol. The summed E-state index contributed by atoms with van der Waals surface area (Å²) >= 11 is 0. The van der Waals surface area contributed by atoms with Crippen LogP contribution < -0.4 is 5.32 Å². The van der Waals surface area contributed by atoms with Gasteiger partial charge in [0.2, 0.25) is 5.91 Å². The van der Waals surface area contributed by atoms with Gasteiger partial charge in [-0.25, -0.2) is 0 Å². The highest BCUT2D eigenvalue weighted by Crippen LogP contribution is 2.21. The zero-order chi connectivity index (χ0) is 16.8. The molecule has 1 saturated heterocycles. The summed E-state index contributed by atoms with van der Waals surface area (Å²) in [7, 11) is 0. The van der Waals surface area contributed by atoms with Crippen molar-refractivity contribution in [2.24, 2.45) is 5.92 Å². The minimum Gasteiger partial charge on any atom is -0.387 e. The van der Waals surface area contributed by atoms with Gasteiger partial charge < -0.3 is 10.4 Å². The number of para-hydroxylation sites is 1. The van der Waals surface area contributed by atoms with Gasteiger partial charge in [-0.1, -0.05) is 48.5 Å². The number of piperidine rings is 1. The Bertz CT molecular complexity index is 645. The molecule has 0 bridgehead atoms. The molecule has 2 N–H and O–H groups in total. The number of carbonyl (C=O) groups excluding carboxylic acids is 1. The standard InChI is InChI=1S/C20H24N2O2/c23-19(16-8-3-1-4-9-16)15-22-13-7-10-17(14-22)20(24)21-18-11-5-2-6-12-18/h1-6,8-9,11-12,17,19,23H,7,10,13-15H2,(H,21,24)/t17-,19+/m0/s1. The van der Waals surface area contributed by atoms with Gasteiger partial charge in [0.15, 0.2) is 0 Å². The number of benzene rings is 2. The first kappa shape index (κ1) is 16.7. The van der Waals surface area contributed by atoms with Crippen LogP contribution in [0.1, 0.15) is 24.5 Å². The molecule has 24 heavy (non-hydrogen) atoms. The second-order valence-electron chi connectivity index (χ2n) is 6.38. The highest BCUT2D eigenvalue weighted by Gasteiger charge is 2.27. The summed E-state index contributed by atoms with van der Waals surface area (Å²) in [5, 5.41) is 13.4. The first-order valence-electron chi connectivity index (χ1n) is 8.53. The van der Waals surface area contributed by atoms with Crippen molar-refractivity contribution in [3.05, 3.63) is 66.2 Å². The lowest BCUT2D eigenvalue weighted by Gasteiger charge is -2.33. The van der Waals surface area contributed by atoms with Gasteiger partial charge in [-0.05, 0) is 37.1 Å².